The number of unbranched alkanes of at least 4 members (excludes halogenated alkanes) is 2. The van der Waals surface area contributed by atoms with Crippen molar-refractivity contribution >= 4 is 162 Å². The molecule has 0 heterocycles. The lowest BCUT2D eigenvalue weighted by Crippen LogP contribution is -2.49. The fourth-order valence-corrected chi connectivity index (χ4v) is 8.17. The number of hydrogen-bond donors (Lipinski definition) is 0. The van der Waals surface area contributed by atoms with Crippen LogP contribution >= 0.6 is 162 Å². The summed E-state index contributed by atoms with van der Waals surface area (Å²) in [5.74, 6) is 0.0593. The van der Waals surface area contributed by atoms with E-state index < -0.39 is 75.5 Å². The second kappa shape index (κ2) is 27.9. The maximum Gasteiger partial charge on any atom is 0.148 e. The Morgan fingerprint density at radius 1 is 0.390 bits per heavy atom. The van der Waals surface area contributed by atoms with E-state index >= 15 is 0 Å². The third kappa shape index (κ3) is 17.8. The summed E-state index contributed by atoms with van der Waals surface area (Å²) >= 11 is 90.5. The molecule has 0 aromatic carbocycles. The molecule has 41 heavy (non-hydrogen) atoms. The largest absolute Gasteiger partial charge is 0.361 e. The zero-order valence-electron chi connectivity index (χ0n) is 24.2. The number of ether oxygens (including phenoxy) is 1. The fraction of sp³-hybridized carbons (Fsp3) is 1.00. The molecule has 0 aromatic heterocycles. The van der Waals surface area contributed by atoms with E-state index in [9.17, 15) is 0 Å². The molecule has 14 atom stereocenters. The van der Waals surface area contributed by atoms with E-state index in [1.165, 1.54) is 0 Å². The van der Waals surface area contributed by atoms with Gasteiger partial charge in [-0.2, -0.15) is 0 Å². The molecular weight excluding hydrogens is 825 g/mol. The quantitative estimate of drug-likeness (QED) is 0.0928. The third-order valence-corrected chi connectivity index (χ3v) is 14.9. The van der Waals surface area contributed by atoms with Gasteiger partial charge in [-0.05, 0) is 12.3 Å². The van der Waals surface area contributed by atoms with Crippen molar-refractivity contribution in [2.24, 2.45) is 5.92 Å². The van der Waals surface area contributed by atoms with Crippen LogP contribution in [0.4, 0.5) is 0 Å². The van der Waals surface area contributed by atoms with Crippen molar-refractivity contribution < 1.29 is 4.74 Å². The van der Waals surface area contributed by atoms with Gasteiger partial charge < -0.3 is 4.74 Å². The second-order valence-corrected chi connectivity index (χ2v) is 15.9. The van der Waals surface area contributed by atoms with Crippen molar-refractivity contribution in [2.45, 2.75) is 143 Å². The molecule has 0 bridgehead atoms. The molecule has 0 radical (unpaired) electrons. The maximum absolute atomic E-state index is 6.54. The highest BCUT2D eigenvalue weighted by Gasteiger charge is 2.45. The molecule has 0 spiro atoms. The first-order valence-electron chi connectivity index (χ1n) is 13.6. The zero-order valence-corrected chi connectivity index (χ0v) is 34.8. The number of hydrogen-bond acceptors (Lipinski definition) is 1. The molecule has 0 aromatic rings. The Labute approximate surface area is 319 Å². The van der Waals surface area contributed by atoms with Crippen molar-refractivity contribution in [3.05, 3.63) is 0 Å². The van der Waals surface area contributed by atoms with Crippen LogP contribution in [0.15, 0.2) is 0 Å². The summed E-state index contributed by atoms with van der Waals surface area (Å²) in [5.41, 5.74) is -0.880. The lowest BCUT2D eigenvalue weighted by molar-refractivity contribution is 0.0999. The maximum atomic E-state index is 6.54. The third-order valence-electron chi connectivity index (χ3n) is 5.56. The van der Waals surface area contributed by atoms with Gasteiger partial charge in [0.25, 0.3) is 0 Å². The van der Waals surface area contributed by atoms with Gasteiger partial charge in [0.05, 0.1) is 69.9 Å². The van der Waals surface area contributed by atoms with Crippen LogP contribution in [0.1, 0.15) is 67.7 Å². The summed E-state index contributed by atoms with van der Waals surface area (Å²) in [5, 5.41) is -11.4. The van der Waals surface area contributed by atoms with Gasteiger partial charge in [0.2, 0.25) is 0 Å². The monoisotopic (exact) mass is 862 g/mol. The van der Waals surface area contributed by atoms with E-state index in [0.29, 0.717) is 6.61 Å². The molecule has 0 saturated heterocycles. The molecule has 0 aliphatic rings. The first-order valence-corrected chi connectivity index (χ1v) is 19.7. The molecule has 15 heteroatoms. The second-order valence-electron chi connectivity index (χ2n) is 8.95. The van der Waals surface area contributed by atoms with Crippen LogP contribution < -0.4 is 0 Å². The fourth-order valence-electron chi connectivity index (χ4n) is 3.08. The molecular formula is C26H44Cl14O. The van der Waals surface area contributed by atoms with E-state index in [4.69, 9.17) is 167 Å². The molecule has 0 aliphatic heterocycles. The summed E-state index contributed by atoms with van der Waals surface area (Å²) in [7, 11) is 0. The van der Waals surface area contributed by atoms with Crippen molar-refractivity contribution in [1.82, 2.24) is 0 Å². The molecule has 0 fully saturated rings. The normalized spacial score (nSPS) is 22.1. The van der Waals surface area contributed by atoms with Gasteiger partial charge in [-0.3, -0.25) is 0 Å². The molecule has 14 unspecified atom stereocenters. The van der Waals surface area contributed by atoms with Gasteiger partial charge in [-0.15, -0.1) is 151 Å². The van der Waals surface area contributed by atoms with E-state index in [1.807, 2.05) is 41.5 Å². The van der Waals surface area contributed by atoms with Crippen LogP contribution in [0.25, 0.3) is 0 Å². The van der Waals surface area contributed by atoms with Crippen LogP contribution in [-0.2, 0) is 4.74 Å². The van der Waals surface area contributed by atoms with Gasteiger partial charge in [0.1, 0.15) is 5.56 Å². The predicted octanol–water partition coefficient (Wildman–Crippen LogP) is 13.4. The number of alkyl halides is 14. The summed E-state index contributed by atoms with van der Waals surface area (Å²) in [6, 6.07) is 0. The highest BCUT2D eigenvalue weighted by Crippen LogP contribution is 2.39. The average Bonchev–Trinajstić information content (AvgIpc) is 2.99. The highest BCUT2D eigenvalue weighted by atomic mass is 35.5. The lowest BCUT2D eigenvalue weighted by atomic mass is 9.99. The molecule has 0 aliphatic carbocycles. The summed E-state index contributed by atoms with van der Waals surface area (Å²) in [6.07, 6.45) is 2.89. The van der Waals surface area contributed by atoms with Crippen molar-refractivity contribution in [3.63, 3.8) is 0 Å². The first-order chi connectivity index (χ1) is 19.0. The van der Waals surface area contributed by atoms with Crippen LogP contribution in [0.2, 0.25) is 0 Å². The number of rotatable bonds is 19. The predicted molar refractivity (Wildman–Crippen MR) is 198 cm³/mol. The highest BCUT2D eigenvalue weighted by molar-refractivity contribution is 6.45. The van der Waals surface area contributed by atoms with Crippen LogP contribution in [0, 0.1) is 5.92 Å². The summed E-state index contributed by atoms with van der Waals surface area (Å²) < 4.78 is 5.54. The number of halogens is 14. The minimum absolute atomic E-state index is 0.0593. The average molecular weight is 869 g/mol. The van der Waals surface area contributed by atoms with Crippen molar-refractivity contribution in [3.8, 4) is 0 Å². The first kappa shape index (κ1) is 49.4. The van der Waals surface area contributed by atoms with E-state index in [1.54, 1.807) is 0 Å². The SMILES string of the molecule is CC.CC.CCCCCOC(Cl)C(Cl)C(Cl)C(Cl)C(Cl)C(Cl)C(Cl)C(Cl)C(Cl)C(Cl)C(Cl)C(Cl)C(Cl)C(Cl)C(C)C. The van der Waals surface area contributed by atoms with Crippen molar-refractivity contribution in [1.29, 1.82) is 0 Å². The van der Waals surface area contributed by atoms with Gasteiger partial charge in [-0.25, -0.2) is 0 Å². The van der Waals surface area contributed by atoms with Gasteiger partial charge in [0.15, 0.2) is 0 Å². The summed E-state index contributed by atoms with van der Waals surface area (Å²) in [4.78, 5) is 0. The molecule has 0 N–H and O–H groups in total. The van der Waals surface area contributed by atoms with Crippen LogP contribution in [0.5, 0.6) is 0 Å². The van der Waals surface area contributed by atoms with Crippen LogP contribution in [0.3, 0.4) is 0 Å². The van der Waals surface area contributed by atoms with E-state index in [2.05, 4.69) is 6.92 Å². The Kier molecular flexibility index (Phi) is 33.6. The van der Waals surface area contributed by atoms with Crippen LogP contribution in [-0.4, -0.2) is 82.1 Å². The molecule has 0 saturated carbocycles. The Morgan fingerprint density at radius 3 is 0.878 bits per heavy atom. The van der Waals surface area contributed by atoms with Gasteiger partial charge >= 0.3 is 0 Å². The molecule has 1 nitrogen and oxygen atoms in total. The topological polar surface area (TPSA) is 9.23 Å². The Morgan fingerprint density at radius 2 is 0.634 bits per heavy atom. The minimum Gasteiger partial charge on any atom is -0.361 e. The van der Waals surface area contributed by atoms with E-state index in [0.717, 1.165) is 19.3 Å². The smallest absolute Gasteiger partial charge is 0.148 e. The lowest BCUT2D eigenvalue weighted by Gasteiger charge is -2.35. The van der Waals surface area contributed by atoms with Gasteiger partial charge in [-0.1, -0.05) is 72.9 Å². The van der Waals surface area contributed by atoms with Gasteiger partial charge in [0, 0.05) is 6.61 Å². The standard InChI is InChI=1S/C22H32Cl14O.2C2H6/c1-4-5-6-7-37-22(36)21(35)20(34)19(33)18(32)17(31)16(30)15(29)14(28)13(27)12(26)11(25)10(24)9(23)8(2)3;2*1-2/h8-22H,4-7H2,1-3H3;2*1-2H3. The Hall–Kier alpha value is 4.02. The molecule has 252 valence electrons. The minimum atomic E-state index is -0.994. The zero-order chi connectivity index (χ0) is 33.2. The Balaban J connectivity index is -0.00000344. The molecule has 0 rings (SSSR count). The van der Waals surface area contributed by atoms with Crippen molar-refractivity contribution in [2.75, 3.05) is 6.61 Å². The molecule has 0 amide bonds. The Bertz CT molecular complexity index is 607. The summed E-state index contributed by atoms with van der Waals surface area (Å²) in [6.45, 7) is 14.3. The van der Waals surface area contributed by atoms with E-state index in [-0.39, 0.29) is 5.92 Å².